The van der Waals surface area contributed by atoms with Crippen LogP contribution in [0.4, 0.5) is 17.3 Å². The first-order valence-electron chi connectivity index (χ1n) is 7.91. The van der Waals surface area contributed by atoms with Crippen LogP contribution in [0, 0.1) is 0 Å². The quantitative estimate of drug-likeness (QED) is 0.725. The van der Waals surface area contributed by atoms with Crippen molar-refractivity contribution in [3.05, 3.63) is 39.9 Å². The van der Waals surface area contributed by atoms with E-state index >= 15 is 0 Å². The van der Waals surface area contributed by atoms with Crippen molar-refractivity contribution in [2.75, 3.05) is 22.9 Å². The lowest BCUT2D eigenvalue weighted by molar-refractivity contribution is 0.307. The summed E-state index contributed by atoms with van der Waals surface area (Å²) in [6, 6.07) is 5.35. The van der Waals surface area contributed by atoms with E-state index in [9.17, 15) is 0 Å². The number of anilines is 3. The first kappa shape index (κ1) is 16.3. The summed E-state index contributed by atoms with van der Waals surface area (Å²) in [5.74, 6) is 1.79. The number of halogens is 2. The number of rotatable bonds is 2. The van der Waals surface area contributed by atoms with Gasteiger partial charge in [0.15, 0.2) is 5.82 Å². The Balaban J connectivity index is 1.80. The molecule has 3 heterocycles. The summed E-state index contributed by atoms with van der Waals surface area (Å²) in [7, 11) is 0. The Bertz CT molecular complexity index is 831. The summed E-state index contributed by atoms with van der Waals surface area (Å²) < 4.78 is 5.00. The van der Waals surface area contributed by atoms with Gasteiger partial charge in [-0.2, -0.15) is 0 Å². The fraction of sp³-hybridized carbons (Fsp3) is 0.333. The second kappa shape index (κ2) is 6.29. The van der Waals surface area contributed by atoms with Gasteiger partial charge in [-0.3, -0.25) is 4.90 Å². The number of hydrogen-bond acceptors (Lipinski definition) is 8. The zero-order valence-corrected chi connectivity index (χ0v) is 14.8. The summed E-state index contributed by atoms with van der Waals surface area (Å²) >= 11 is 12.2. The lowest BCUT2D eigenvalue weighted by atomic mass is 10.0. The summed E-state index contributed by atoms with van der Waals surface area (Å²) in [5.41, 5.74) is 13.4. The highest BCUT2D eigenvalue weighted by Crippen LogP contribution is 2.42. The van der Waals surface area contributed by atoms with Gasteiger partial charge in [0.2, 0.25) is 11.6 Å². The van der Waals surface area contributed by atoms with Crippen LogP contribution in [0.5, 0.6) is 0 Å². The number of aromatic nitrogens is 2. The van der Waals surface area contributed by atoms with E-state index in [2.05, 4.69) is 15.6 Å². The van der Waals surface area contributed by atoms with Crippen molar-refractivity contribution in [3.8, 4) is 0 Å². The van der Waals surface area contributed by atoms with Crippen LogP contribution in [0.2, 0.25) is 10.0 Å². The Kier molecular flexibility index (Phi) is 4.10. The van der Waals surface area contributed by atoms with Gasteiger partial charge >= 0.3 is 0 Å². The van der Waals surface area contributed by atoms with Crippen LogP contribution in [0.1, 0.15) is 12.8 Å². The fourth-order valence-electron chi connectivity index (χ4n) is 3.26. The lowest BCUT2D eigenvalue weighted by Gasteiger charge is -2.40. The Labute approximate surface area is 154 Å². The molecule has 2 aliphatic rings. The van der Waals surface area contributed by atoms with Gasteiger partial charge in [-0.05, 0) is 54.4 Å². The second-order valence-corrected chi connectivity index (χ2v) is 6.78. The van der Waals surface area contributed by atoms with Crippen molar-refractivity contribution in [2.45, 2.75) is 18.9 Å². The SMILES string of the molecule is NC1=C(N)N(C2CCNCC2)c2nonc2N1c1ccc(Cl)c(Cl)c1. The second-order valence-electron chi connectivity index (χ2n) is 5.97. The Morgan fingerprint density at radius 2 is 1.76 bits per heavy atom. The van der Waals surface area contributed by atoms with Gasteiger partial charge in [0.25, 0.3) is 0 Å². The maximum atomic E-state index is 6.37. The molecule has 1 aromatic heterocycles. The molecule has 8 nitrogen and oxygen atoms in total. The first-order valence-corrected chi connectivity index (χ1v) is 8.66. The fourth-order valence-corrected chi connectivity index (χ4v) is 3.55. The van der Waals surface area contributed by atoms with Crippen LogP contribution >= 0.6 is 23.2 Å². The predicted molar refractivity (Wildman–Crippen MR) is 96.7 cm³/mol. The van der Waals surface area contributed by atoms with E-state index in [4.69, 9.17) is 39.3 Å². The molecular weight excluding hydrogens is 365 g/mol. The minimum atomic E-state index is 0.182. The lowest BCUT2D eigenvalue weighted by Crippen LogP contribution is -2.49. The normalized spacial score (nSPS) is 18.6. The van der Waals surface area contributed by atoms with Gasteiger partial charge < -0.3 is 21.7 Å². The zero-order valence-electron chi connectivity index (χ0n) is 13.2. The molecule has 1 aromatic carbocycles. The average molecular weight is 382 g/mol. The standard InChI is InChI=1S/C15H17Cl2N7O/c16-10-2-1-9(7-11(10)17)24-13(19)12(18)23(8-3-5-20-6-4-8)14-15(24)22-25-21-14/h1-2,7-8,20H,3-6,18-19H2. The maximum absolute atomic E-state index is 6.37. The number of nitrogens with one attached hydrogen (secondary N) is 1. The van der Waals surface area contributed by atoms with E-state index < -0.39 is 0 Å². The summed E-state index contributed by atoms with van der Waals surface area (Å²) in [6.07, 6.45) is 1.85. The molecule has 1 fully saturated rings. The number of piperidine rings is 1. The highest BCUT2D eigenvalue weighted by Gasteiger charge is 2.38. The van der Waals surface area contributed by atoms with Gasteiger partial charge in [0.05, 0.1) is 15.7 Å². The highest BCUT2D eigenvalue weighted by molar-refractivity contribution is 6.42. The molecule has 2 aromatic rings. The number of benzene rings is 1. The minimum Gasteiger partial charge on any atom is -0.382 e. The molecule has 0 bridgehead atoms. The van der Waals surface area contributed by atoms with Crippen LogP contribution < -0.4 is 26.6 Å². The van der Waals surface area contributed by atoms with Gasteiger partial charge in [-0.15, -0.1) is 0 Å². The van der Waals surface area contributed by atoms with Crippen molar-refractivity contribution in [1.29, 1.82) is 0 Å². The number of nitrogens with zero attached hydrogens (tertiary/aromatic N) is 4. The van der Waals surface area contributed by atoms with Crippen LogP contribution in [-0.4, -0.2) is 29.4 Å². The molecule has 1 saturated heterocycles. The molecule has 0 saturated carbocycles. The molecule has 2 aliphatic heterocycles. The van der Waals surface area contributed by atoms with E-state index in [-0.39, 0.29) is 6.04 Å². The van der Waals surface area contributed by atoms with Crippen molar-refractivity contribution >= 4 is 40.5 Å². The highest BCUT2D eigenvalue weighted by atomic mass is 35.5. The molecule has 0 aliphatic carbocycles. The molecule has 0 spiro atoms. The van der Waals surface area contributed by atoms with Gasteiger partial charge in [0, 0.05) is 6.04 Å². The molecule has 0 radical (unpaired) electrons. The third-order valence-corrected chi connectivity index (χ3v) is 5.23. The molecule has 5 N–H and O–H groups in total. The minimum absolute atomic E-state index is 0.182. The topological polar surface area (TPSA) is 109 Å². The van der Waals surface area contributed by atoms with Gasteiger partial charge in [0.1, 0.15) is 5.82 Å². The first-order chi connectivity index (χ1) is 12.1. The van der Waals surface area contributed by atoms with Crippen molar-refractivity contribution in [3.63, 3.8) is 0 Å². The Hall–Kier alpha value is -2.16. The van der Waals surface area contributed by atoms with Crippen molar-refractivity contribution in [1.82, 2.24) is 15.6 Å². The molecular formula is C15H17Cl2N7O. The van der Waals surface area contributed by atoms with Gasteiger partial charge in [-0.1, -0.05) is 23.2 Å². The molecule has 0 unspecified atom stereocenters. The van der Waals surface area contributed by atoms with Gasteiger partial charge in [-0.25, -0.2) is 4.63 Å². The third-order valence-electron chi connectivity index (χ3n) is 4.49. The van der Waals surface area contributed by atoms with Crippen LogP contribution in [0.3, 0.4) is 0 Å². The molecule has 10 heteroatoms. The molecule has 0 atom stereocenters. The molecule has 0 amide bonds. The van der Waals surface area contributed by atoms with Crippen molar-refractivity contribution < 1.29 is 4.63 Å². The Morgan fingerprint density at radius 1 is 1.04 bits per heavy atom. The largest absolute Gasteiger partial charge is 0.382 e. The predicted octanol–water partition coefficient (Wildman–Crippen LogP) is 2.13. The summed E-state index contributed by atoms with van der Waals surface area (Å²) in [5, 5.41) is 12.3. The van der Waals surface area contributed by atoms with E-state index in [1.807, 2.05) is 4.90 Å². The molecule has 4 rings (SSSR count). The summed E-state index contributed by atoms with van der Waals surface area (Å²) in [6.45, 7) is 1.82. The maximum Gasteiger partial charge on any atom is 0.228 e. The smallest absolute Gasteiger partial charge is 0.228 e. The number of hydrogen-bond donors (Lipinski definition) is 3. The zero-order chi connectivity index (χ0) is 17.6. The monoisotopic (exact) mass is 381 g/mol. The van der Waals surface area contributed by atoms with Crippen molar-refractivity contribution in [2.24, 2.45) is 11.5 Å². The van der Waals surface area contributed by atoms with Crippen LogP contribution in [0.15, 0.2) is 34.5 Å². The molecule has 132 valence electrons. The number of fused-ring (bicyclic) bond motifs is 1. The van der Waals surface area contributed by atoms with E-state index in [1.54, 1.807) is 23.1 Å². The van der Waals surface area contributed by atoms with Crippen LogP contribution in [0.25, 0.3) is 0 Å². The average Bonchev–Trinajstić information content (AvgIpc) is 3.08. The van der Waals surface area contributed by atoms with Crippen LogP contribution in [-0.2, 0) is 0 Å². The van der Waals surface area contributed by atoms with E-state index in [1.165, 1.54) is 0 Å². The molecule has 25 heavy (non-hydrogen) atoms. The summed E-state index contributed by atoms with van der Waals surface area (Å²) in [4.78, 5) is 3.58. The van der Waals surface area contributed by atoms with E-state index in [0.29, 0.717) is 39.0 Å². The third kappa shape index (κ3) is 2.66. The van der Waals surface area contributed by atoms with E-state index in [0.717, 1.165) is 25.9 Å². The Morgan fingerprint density at radius 3 is 2.48 bits per heavy atom. The number of nitrogens with two attached hydrogens (primary N) is 2.